The van der Waals surface area contributed by atoms with E-state index in [2.05, 4.69) is 28.1 Å². The molecule has 0 spiro atoms. The van der Waals surface area contributed by atoms with Crippen molar-refractivity contribution < 1.29 is 21.6 Å². The Kier molecular flexibility index (Phi) is 7.96. The van der Waals surface area contributed by atoms with Crippen molar-refractivity contribution in [2.24, 2.45) is 0 Å². The predicted octanol–water partition coefficient (Wildman–Crippen LogP) is 4.02. The third-order valence-corrected chi connectivity index (χ3v) is 6.33. The van der Waals surface area contributed by atoms with Crippen LogP contribution in [0.25, 0.3) is 0 Å². The molecule has 0 aliphatic carbocycles. The minimum absolute atomic E-state index is 0. The number of aromatic nitrogens is 1. The van der Waals surface area contributed by atoms with Gasteiger partial charge in [-0.05, 0) is 43.3 Å². The molecule has 1 aromatic carbocycles. The summed E-state index contributed by atoms with van der Waals surface area (Å²) in [6.07, 6.45) is -1.11. The van der Waals surface area contributed by atoms with Crippen LogP contribution in [0.5, 0.6) is 0 Å². The lowest BCUT2D eigenvalue weighted by Crippen LogP contribution is -2.52. The molecule has 1 fully saturated rings. The van der Waals surface area contributed by atoms with Gasteiger partial charge in [0.15, 0.2) is 5.82 Å². The van der Waals surface area contributed by atoms with Gasteiger partial charge in [0.25, 0.3) is 10.0 Å². The predicted molar refractivity (Wildman–Crippen MR) is 117 cm³/mol. The number of rotatable bonds is 6. The first-order chi connectivity index (χ1) is 14.1. The SMILES string of the molecule is C=CCN1CCN(c2ncccc2NS(=O)(=O)c2ccc(C(F)(F)F)cc2)CC1C.Cl. The molecule has 1 atom stereocenters. The lowest BCUT2D eigenvalue weighted by atomic mass is 10.2. The second-order valence-corrected chi connectivity index (χ2v) is 8.76. The molecule has 11 heteroatoms. The lowest BCUT2D eigenvalue weighted by Gasteiger charge is -2.40. The number of nitrogens with one attached hydrogen (secondary N) is 1. The van der Waals surface area contributed by atoms with E-state index in [4.69, 9.17) is 0 Å². The average Bonchev–Trinajstić information content (AvgIpc) is 2.69. The van der Waals surface area contributed by atoms with E-state index in [1.54, 1.807) is 18.3 Å². The summed E-state index contributed by atoms with van der Waals surface area (Å²) in [5, 5.41) is 0. The Morgan fingerprint density at radius 1 is 1.23 bits per heavy atom. The molecule has 0 saturated carbocycles. The maximum Gasteiger partial charge on any atom is 0.416 e. The largest absolute Gasteiger partial charge is 0.416 e. The van der Waals surface area contributed by atoms with Gasteiger partial charge in [0, 0.05) is 38.4 Å². The molecule has 1 N–H and O–H groups in total. The average molecular weight is 477 g/mol. The van der Waals surface area contributed by atoms with E-state index in [-0.39, 0.29) is 29.0 Å². The van der Waals surface area contributed by atoms with E-state index < -0.39 is 21.8 Å². The zero-order chi connectivity index (χ0) is 21.9. The van der Waals surface area contributed by atoms with Crippen LogP contribution in [0.15, 0.2) is 60.1 Å². The van der Waals surface area contributed by atoms with E-state index in [0.717, 1.165) is 37.4 Å². The zero-order valence-electron chi connectivity index (χ0n) is 16.8. The maximum absolute atomic E-state index is 12.7. The molecule has 0 bridgehead atoms. The van der Waals surface area contributed by atoms with Crippen molar-refractivity contribution in [1.82, 2.24) is 9.88 Å². The quantitative estimate of drug-likeness (QED) is 0.638. The van der Waals surface area contributed by atoms with Crippen molar-refractivity contribution in [3.63, 3.8) is 0 Å². The van der Waals surface area contributed by atoms with Crippen LogP contribution in [0.4, 0.5) is 24.7 Å². The Labute approximate surface area is 186 Å². The summed E-state index contributed by atoms with van der Waals surface area (Å²) in [5.41, 5.74) is -0.628. The fraction of sp³-hybridized carbons (Fsp3) is 0.350. The molecule has 1 aromatic heterocycles. The van der Waals surface area contributed by atoms with Gasteiger partial charge in [0.1, 0.15) is 0 Å². The highest BCUT2D eigenvalue weighted by molar-refractivity contribution is 7.92. The zero-order valence-corrected chi connectivity index (χ0v) is 18.5. The number of sulfonamides is 1. The fourth-order valence-electron chi connectivity index (χ4n) is 3.38. The summed E-state index contributed by atoms with van der Waals surface area (Å²) in [7, 11) is -4.08. The normalized spacial score (nSPS) is 17.7. The second kappa shape index (κ2) is 9.88. The van der Waals surface area contributed by atoms with E-state index in [1.807, 2.05) is 11.0 Å². The van der Waals surface area contributed by atoms with Crippen LogP contribution < -0.4 is 9.62 Å². The Morgan fingerprint density at radius 2 is 1.90 bits per heavy atom. The summed E-state index contributed by atoms with van der Waals surface area (Å²) >= 11 is 0. The number of halogens is 4. The summed E-state index contributed by atoms with van der Waals surface area (Å²) in [6, 6.07) is 6.79. The monoisotopic (exact) mass is 476 g/mol. The standard InChI is InChI=1S/C20H23F3N4O2S.ClH/c1-3-11-26-12-13-27(14-15(26)2)19-18(5-4-10-24-19)25-30(28,29)17-8-6-16(7-9-17)20(21,22)23;/h3-10,15,25H,1,11-14H2,2H3;1H. The van der Waals surface area contributed by atoms with Crippen molar-refractivity contribution >= 4 is 33.9 Å². The highest BCUT2D eigenvalue weighted by Crippen LogP contribution is 2.31. The van der Waals surface area contributed by atoms with Crippen LogP contribution in [0.2, 0.25) is 0 Å². The molecule has 31 heavy (non-hydrogen) atoms. The van der Waals surface area contributed by atoms with Crippen LogP contribution in [-0.2, 0) is 16.2 Å². The third-order valence-electron chi connectivity index (χ3n) is 4.95. The number of nitrogens with zero attached hydrogens (tertiary/aromatic N) is 3. The van der Waals surface area contributed by atoms with Gasteiger partial charge in [-0.2, -0.15) is 13.2 Å². The molecule has 1 unspecified atom stereocenters. The number of hydrogen-bond donors (Lipinski definition) is 1. The highest BCUT2D eigenvalue weighted by Gasteiger charge is 2.31. The number of piperazine rings is 1. The van der Waals surface area contributed by atoms with Gasteiger partial charge >= 0.3 is 6.18 Å². The number of anilines is 2. The smallest absolute Gasteiger partial charge is 0.352 e. The minimum Gasteiger partial charge on any atom is -0.352 e. The van der Waals surface area contributed by atoms with Gasteiger partial charge in [-0.15, -0.1) is 19.0 Å². The maximum atomic E-state index is 12.7. The molecule has 1 aliphatic rings. The van der Waals surface area contributed by atoms with Crippen molar-refractivity contribution in [2.45, 2.75) is 24.0 Å². The molecule has 0 amide bonds. The number of benzene rings is 1. The molecule has 170 valence electrons. The van der Waals surface area contributed by atoms with E-state index in [0.29, 0.717) is 18.9 Å². The van der Waals surface area contributed by atoms with Crippen molar-refractivity contribution in [2.75, 3.05) is 35.8 Å². The van der Waals surface area contributed by atoms with Crippen LogP contribution >= 0.6 is 12.4 Å². The highest BCUT2D eigenvalue weighted by atomic mass is 35.5. The molecule has 6 nitrogen and oxygen atoms in total. The van der Waals surface area contributed by atoms with Gasteiger partial charge in [-0.3, -0.25) is 9.62 Å². The summed E-state index contributed by atoms with van der Waals surface area (Å²) in [4.78, 5) is 8.35. The molecule has 2 heterocycles. The van der Waals surface area contributed by atoms with Crippen LogP contribution in [-0.4, -0.2) is 50.5 Å². The van der Waals surface area contributed by atoms with Crippen molar-refractivity contribution in [3.8, 4) is 0 Å². The Hall–Kier alpha value is -2.30. The van der Waals surface area contributed by atoms with E-state index >= 15 is 0 Å². The van der Waals surface area contributed by atoms with Crippen LogP contribution in [0.3, 0.4) is 0 Å². The minimum atomic E-state index is -4.53. The van der Waals surface area contributed by atoms with Gasteiger partial charge in [0.05, 0.1) is 16.1 Å². The first-order valence-corrected chi connectivity index (χ1v) is 10.8. The second-order valence-electron chi connectivity index (χ2n) is 7.08. The van der Waals surface area contributed by atoms with Crippen LogP contribution in [0, 0.1) is 0 Å². The van der Waals surface area contributed by atoms with Crippen LogP contribution in [0.1, 0.15) is 12.5 Å². The van der Waals surface area contributed by atoms with Gasteiger partial charge in [-0.25, -0.2) is 13.4 Å². The Morgan fingerprint density at radius 3 is 2.48 bits per heavy atom. The van der Waals surface area contributed by atoms with Crippen molar-refractivity contribution in [3.05, 3.63) is 60.8 Å². The molecular weight excluding hydrogens is 453 g/mol. The fourth-order valence-corrected chi connectivity index (χ4v) is 4.44. The lowest BCUT2D eigenvalue weighted by molar-refractivity contribution is -0.137. The molecule has 2 aromatic rings. The Balaban J connectivity index is 0.00000341. The topological polar surface area (TPSA) is 65.5 Å². The number of pyridine rings is 1. The van der Waals surface area contributed by atoms with E-state index in [9.17, 15) is 21.6 Å². The molecule has 0 radical (unpaired) electrons. The number of alkyl halides is 3. The molecule has 1 saturated heterocycles. The summed E-state index contributed by atoms with van der Waals surface area (Å²) in [5.74, 6) is 0.484. The Bertz CT molecular complexity index is 1000. The molecule has 1 aliphatic heterocycles. The summed E-state index contributed by atoms with van der Waals surface area (Å²) < 4.78 is 66.2. The van der Waals surface area contributed by atoms with E-state index in [1.165, 1.54) is 0 Å². The van der Waals surface area contributed by atoms with Gasteiger partial charge < -0.3 is 4.90 Å². The molecule has 3 rings (SSSR count). The van der Waals surface area contributed by atoms with Gasteiger partial charge in [0.2, 0.25) is 0 Å². The first-order valence-electron chi connectivity index (χ1n) is 9.37. The van der Waals surface area contributed by atoms with Crippen molar-refractivity contribution in [1.29, 1.82) is 0 Å². The molecular formula is C20H24ClF3N4O2S. The summed E-state index contributed by atoms with van der Waals surface area (Å²) in [6.45, 7) is 8.69. The first kappa shape index (κ1) is 25.0. The number of hydrogen-bond acceptors (Lipinski definition) is 5. The van der Waals surface area contributed by atoms with Gasteiger partial charge in [-0.1, -0.05) is 6.08 Å². The third kappa shape index (κ3) is 5.90.